The third-order valence-electron chi connectivity index (χ3n) is 2.55. The van der Waals surface area contributed by atoms with Gasteiger partial charge in [0.05, 0.1) is 6.26 Å². The molecule has 0 spiro atoms. The zero-order valence-electron chi connectivity index (χ0n) is 9.11. The van der Waals surface area contributed by atoms with Crippen molar-refractivity contribution < 1.29 is 4.42 Å². The van der Waals surface area contributed by atoms with E-state index in [4.69, 9.17) is 21.8 Å². The summed E-state index contributed by atoms with van der Waals surface area (Å²) in [4.78, 5) is 0. The van der Waals surface area contributed by atoms with E-state index in [1.165, 1.54) is 5.56 Å². The van der Waals surface area contributed by atoms with Gasteiger partial charge in [0.25, 0.3) is 0 Å². The van der Waals surface area contributed by atoms with Crippen molar-refractivity contribution in [2.75, 3.05) is 0 Å². The molecule has 84 valence electrons. The van der Waals surface area contributed by atoms with Gasteiger partial charge in [0.15, 0.2) is 0 Å². The molecule has 2 nitrogen and oxygen atoms in total. The van der Waals surface area contributed by atoms with Crippen molar-refractivity contribution in [3.8, 4) is 0 Å². The molecular formula is C13H14ClNO. The van der Waals surface area contributed by atoms with Crippen molar-refractivity contribution in [3.05, 3.63) is 58.5 Å². The molecule has 1 atom stereocenters. The first kappa shape index (κ1) is 11.2. The Kier molecular flexibility index (Phi) is 3.32. The van der Waals surface area contributed by atoms with Crippen LogP contribution in [-0.4, -0.2) is 0 Å². The number of furan rings is 1. The van der Waals surface area contributed by atoms with E-state index in [2.05, 4.69) is 0 Å². The van der Waals surface area contributed by atoms with E-state index in [0.717, 1.165) is 22.8 Å². The lowest BCUT2D eigenvalue weighted by atomic mass is 10.0. The fraction of sp³-hybridized carbons (Fsp3) is 0.231. The van der Waals surface area contributed by atoms with E-state index in [0.29, 0.717) is 0 Å². The van der Waals surface area contributed by atoms with E-state index >= 15 is 0 Å². The Hall–Kier alpha value is -1.25. The Morgan fingerprint density at radius 2 is 2.00 bits per heavy atom. The molecule has 2 aromatic rings. The second-order valence-electron chi connectivity index (χ2n) is 3.93. The van der Waals surface area contributed by atoms with Gasteiger partial charge in [-0.2, -0.15) is 0 Å². The van der Waals surface area contributed by atoms with E-state index < -0.39 is 0 Å². The highest BCUT2D eigenvalue weighted by Crippen LogP contribution is 2.19. The average molecular weight is 236 g/mol. The van der Waals surface area contributed by atoms with Gasteiger partial charge < -0.3 is 10.2 Å². The third-order valence-corrected chi connectivity index (χ3v) is 2.80. The van der Waals surface area contributed by atoms with Crippen LogP contribution in [0.2, 0.25) is 5.02 Å². The zero-order chi connectivity index (χ0) is 11.5. The first-order chi connectivity index (χ1) is 7.65. The second-order valence-corrected chi connectivity index (χ2v) is 4.36. The number of hydrogen-bond acceptors (Lipinski definition) is 2. The molecule has 1 unspecified atom stereocenters. The number of benzene rings is 1. The van der Waals surface area contributed by atoms with Gasteiger partial charge in [0.1, 0.15) is 5.76 Å². The first-order valence-corrected chi connectivity index (χ1v) is 5.58. The van der Waals surface area contributed by atoms with Crippen LogP contribution < -0.4 is 5.73 Å². The maximum Gasteiger partial charge on any atom is 0.101 e. The molecule has 3 heteroatoms. The van der Waals surface area contributed by atoms with Crippen LogP contribution in [0.4, 0.5) is 0 Å². The van der Waals surface area contributed by atoms with Crippen molar-refractivity contribution in [2.24, 2.45) is 5.73 Å². The van der Waals surface area contributed by atoms with Gasteiger partial charge in [0, 0.05) is 16.6 Å². The summed E-state index contributed by atoms with van der Waals surface area (Å²) < 4.78 is 5.24. The lowest BCUT2D eigenvalue weighted by Gasteiger charge is -2.09. The number of nitrogens with two attached hydrogens (primary N) is 1. The van der Waals surface area contributed by atoms with Gasteiger partial charge in [-0.05, 0) is 37.1 Å². The van der Waals surface area contributed by atoms with Crippen LogP contribution in [0.15, 0.2) is 41.0 Å². The van der Waals surface area contributed by atoms with Crippen molar-refractivity contribution >= 4 is 11.6 Å². The molecule has 0 saturated carbocycles. The molecule has 0 radical (unpaired) electrons. The van der Waals surface area contributed by atoms with Crippen LogP contribution in [0.5, 0.6) is 0 Å². The lowest BCUT2D eigenvalue weighted by Crippen LogP contribution is -2.12. The molecule has 0 aliphatic carbocycles. The van der Waals surface area contributed by atoms with Crippen molar-refractivity contribution in [3.63, 3.8) is 0 Å². The smallest absolute Gasteiger partial charge is 0.101 e. The van der Waals surface area contributed by atoms with Gasteiger partial charge in [-0.15, -0.1) is 0 Å². The summed E-state index contributed by atoms with van der Waals surface area (Å²) in [6, 6.07) is 9.69. The van der Waals surface area contributed by atoms with Crippen LogP contribution in [-0.2, 0) is 6.42 Å². The maximum atomic E-state index is 6.09. The predicted octanol–water partition coefficient (Wildman–Crippen LogP) is 3.48. The van der Waals surface area contributed by atoms with Crippen LogP contribution in [0.25, 0.3) is 0 Å². The van der Waals surface area contributed by atoms with Gasteiger partial charge in [0.2, 0.25) is 0 Å². The third kappa shape index (κ3) is 2.65. The monoisotopic (exact) mass is 235 g/mol. The minimum atomic E-state index is -0.0291. The Morgan fingerprint density at radius 3 is 2.56 bits per heavy atom. The van der Waals surface area contributed by atoms with E-state index in [1.807, 2.05) is 37.3 Å². The minimum absolute atomic E-state index is 0.0291. The summed E-state index contributed by atoms with van der Waals surface area (Å²) >= 11 is 5.82. The number of hydrogen-bond donors (Lipinski definition) is 1. The number of rotatable bonds is 3. The molecule has 1 heterocycles. The minimum Gasteiger partial charge on any atom is -0.469 e. The lowest BCUT2D eigenvalue weighted by molar-refractivity contribution is 0.528. The Bertz CT molecular complexity index is 461. The molecule has 0 saturated heterocycles. The summed E-state index contributed by atoms with van der Waals surface area (Å²) in [5.74, 6) is 0.890. The first-order valence-electron chi connectivity index (χ1n) is 5.20. The molecule has 2 N–H and O–H groups in total. The van der Waals surface area contributed by atoms with Crippen LogP contribution in [0, 0.1) is 6.92 Å². The molecule has 1 aromatic carbocycles. The summed E-state index contributed by atoms with van der Waals surface area (Å²) in [6.07, 6.45) is 2.51. The standard InChI is InChI=1S/C13H14ClNO/c1-9-6-11(8-16-9)13(15)7-10-2-4-12(14)5-3-10/h2-6,8,13H,7,15H2,1H3. The van der Waals surface area contributed by atoms with Crippen LogP contribution >= 0.6 is 11.6 Å². The molecule has 16 heavy (non-hydrogen) atoms. The SMILES string of the molecule is Cc1cc(C(N)Cc2ccc(Cl)cc2)co1. The number of halogens is 1. The summed E-state index contributed by atoms with van der Waals surface area (Å²) in [7, 11) is 0. The molecule has 0 amide bonds. The topological polar surface area (TPSA) is 39.2 Å². The Balaban J connectivity index is 2.07. The quantitative estimate of drug-likeness (QED) is 0.885. The highest BCUT2D eigenvalue weighted by atomic mass is 35.5. The fourth-order valence-electron chi connectivity index (χ4n) is 1.65. The summed E-state index contributed by atoms with van der Waals surface area (Å²) in [6.45, 7) is 1.92. The highest BCUT2D eigenvalue weighted by Gasteiger charge is 2.09. The van der Waals surface area contributed by atoms with E-state index in [1.54, 1.807) is 6.26 Å². The Labute approximate surface area is 100 Å². The normalized spacial score (nSPS) is 12.7. The Morgan fingerprint density at radius 1 is 1.31 bits per heavy atom. The largest absolute Gasteiger partial charge is 0.469 e. The molecular weight excluding hydrogens is 222 g/mol. The fourth-order valence-corrected chi connectivity index (χ4v) is 1.78. The molecule has 0 aliphatic rings. The highest BCUT2D eigenvalue weighted by molar-refractivity contribution is 6.30. The van der Waals surface area contributed by atoms with Crippen LogP contribution in [0.1, 0.15) is 22.9 Å². The van der Waals surface area contributed by atoms with Crippen molar-refractivity contribution in [1.82, 2.24) is 0 Å². The molecule has 0 aliphatic heterocycles. The molecule has 0 bridgehead atoms. The second kappa shape index (κ2) is 4.73. The van der Waals surface area contributed by atoms with Crippen molar-refractivity contribution in [2.45, 2.75) is 19.4 Å². The van der Waals surface area contributed by atoms with Gasteiger partial charge >= 0.3 is 0 Å². The van der Waals surface area contributed by atoms with Gasteiger partial charge in [-0.1, -0.05) is 23.7 Å². The summed E-state index contributed by atoms with van der Waals surface area (Å²) in [5.41, 5.74) is 8.30. The molecule has 0 fully saturated rings. The van der Waals surface area contributed by atoms with Gasteiger partial charge in [-0.25, -0.2) is 0 Å². The zero-order valence-corrected chi connectivity index (χ0v) is 9.87. The maximum absolute atomic E-state index is 6.09. The molecule has 1 aromatic heterocycles. The number of aryl methyl sites for hydroxylation is 1. The predicted molar refractivity (Wildman–Crippen MR) is 65.5 cm³/mol. The average Bonchev–Trinajstić information content (AvgIpc) is 2.68. The van der Waals surface area contributed by atoms with Gasteiger partial charge in [-0.3, -0.25) is 0 Å². The van der Waals surface area contributed by atoms with Crippen LogP contribution in [0.3, 0.4) is 0 Å². The van der Waals surface area contributed by atoms with E-state index in [-0.39, 0.29) is 6.04 Å². The molecule has 2 rings (SSSR count). The van der Waals surface area contributed by atoms with Crippen molar-refractivity contribution in [1.29, 1.82) is 0 Å². The summed E-state index contributed by atoms with van der Waals surface area (Å²) in [5, 5.41) is 0.747. The van der Waals surface area contributed by atoms with E-state index in [9.17, 15) is 0 Å².